The molecule has 0 unspecified atom stereocenters. The number of nitrogens with zero attached hydrogens (tertiary/aromatic N) is 2. The number of aryl methyl sites for hydroxylation is 1. The highest BCUT2D eigenvalue weighted by Gasteiger charge is 2.18. The van der Waals surface area contributed by atoms with E-state index in [9.17, 15) is 4.79 Å². The lowest BCUT2D eigenvalue weighted by Gasteiger charge is -2.07. The number of aromatic nitrogens is 2. The number of halogens is 1. The third-order valence-electron chi connectivity index (χ3n) is 2.43. The summed E-state index contributed by atoms with van der Waals surface area (Å²) in [6.45, 7) is 0. The second-order valence-corrected chi connectivity index (χ2v) is 4.45. The lowest BCUT2D eigenvalue weighted by Crippen LogP contribution is -2.10. The van der Waals surface area contributed by atoms with Crippen LogP contribution < -0.4 is 4.74 Å². The fraction of sp³-hybridized carbons (Fsp3) is 0.167. The molecular weight excluding hydrogens is 284 g/mol. The zero-order valence-electron chi connectivity index (χ0n) is 9.48. The molecule has 5 heteroatoms. The van der Waals surface area contributed by atoms with Crippen LogP contribution in [0.1, 0.15) is 16.2 Å². The number of carbonyl (C=O) groups excluding carboxylic acids is 1. The topological polar surface area (TPSA) is 44.1 Å². The van der Waals surface area contributed by atoms with Crippen molar-refractivity contribution < 1.29 is 9.53 Å². The second-order valence-electron chi connectivity index (χ2n) is 3.54. The Morgan fingerprint density at radius 2 is 2.24 bits per heavy atom. The minimum absolute atomic E-state index is 0.151. The number of carbonyl (C=O) groups is 1. The van der Waals surface area contributed by atoms with E-state index >= 15 is 0 Å². The smallest absolute Gasteiger partial charge is 0.232 e. The number of methoxy groups -OCH3 is 1. The molecule has 0 aliphatic carbocycles. The van der Waals surface area contributed by atoms with E-state index in [2.05, 4.69) is 20.9 Å². The van der Waals surface area contributed by atoms with Gasteiger partial charge in [0.25, 0.3) is 0 Å². The summed E-state index contributed by atoms with van der Waals surface area (Å²) in [6.07, 6.45) is 3.33. The van der Waals surface area contributed by atoms with E-state index in [1.54, 1.807) is 42.2 Å². The van der Waals surface area contributed by atoms with E-state index in [4.69, 9.17) is 4.74 Å². The largest absolute Gasteiger partial charge is 0.496 e. The summed E-state index contributed by atoms with van der Waals surface area (Å²) < 4.78 is 7.75. The Hall–Kier alpha value is -1.62. The first-order valence-corrected chi connectivity index (χ1v) is 5.78. The number of hydrogen-bond donors (Lipinski definition) is 0. The van der Waals surface area contributed by atoms with Crippen molar-refractivity contribution in [3.63, 3.8) is 0 Å². The number of hydrogen-bond acceptors (Lipinski definition) is 3. The van der Waals surface area contributed by atoms with E-state index in [1.165, 1.54) is 7.11 Å². The predicted octanol–water partition coefficient (Wildman–Crippen LogP) is 2.42. The summed E-state index contributed by atoms with van der Waals surface area (Å²) in [5, 5.41) is 0. The van der Waals surface area contributed by atoms with Crippen molar-refractivity contribution in [3.8, 4) is 5.75 Å². The molecule has 1 heterocycles. The third-order valence-corrected chi connectivity index (χ3v) is 2.93. The van der Waals surface area contributed by atoms with Gasteiger partial charge < -0.3 is 9.30 Å². The van der Waals surface area contributed by atoms with Gasteiger partial charge >= 0.3 is 0 Å². The molecule has 0 aliphatic heterocycles. The molecule has 0 spiro atoms. The van der Waals surface area contributed by atoms with Crippen molar-refractivity contribution in [3.05, 3.63) is 46.5 Å². The maximum absolute atomic E-state index is 12.2. The third kappa shape index (κ3) is 2.24. The van der Waals surface area contributed by atoms with Crippen molar-refractivity contribution in [2.45, 2.75) is 0 Å². The highest BCUT2D eigenvalue weighted by molar-refractivity contribution is 9.10. The Bertz CT molecular complexity index is 563. The normalized spacial score (nSPS) is 10.3. The molecule has 1 aromatic carbocycles. The van der Waals surface area contributed by atoms with Crippen molar-refractivity contribution in [1.82, 2.24) is 9.55 Å². The van der Waals surface area contributed by atoms with Crippen molar-refractivity contribution in [1.29, 1.82) is 0 Å². The molecule has 0 bridgehead atoms. The maximum Gasteiger partial charge on any atom is 0.232 e. The SMILES string of the molecule is COc1cc(Br)ccc1C(=O)c1nccn1C. The van der Waals surface area contributed by atoms with Gasteiger partial charge in [-0.25, -0.2) is 4.98 Å². The number of benzene rings is 1. The van der Waals surface area contributed by atoms with Gasteiger partial charge in [0.05, 0.1) is 12.7 Å². The molecule has 0 saturated heterocycles. The van der Waals surface area contributed by atoms with Gasteiger partial charge in [0.15, 0.2) is 5.82 Å². The molecule has 0 N–H and O–H groups in total. The van der Waals surface area contributed by atoms with Crippen LogP contribution in [0.15, 0.2) is 35.1 Å². The fourth-order valence-corrected chi connectivity index (χ4v) is 1.90. The Balaban J connectivity index is 2.48. The van der Waals surface area contributed by atoms with Gasteiger partial charge in [0, 0.05) is 23.9 Å². The van der Waals surface area contributed by atoms with Crippen molar-refractivity contribution in [2.75, 3.05) is 7.11 Å². The Morgan fingerprint density at radius 1 is 1.47 bits per heavy atom. The molecule has 0 aliphatic rings. The van der Waals surface area contributed by atoms with Gasteiger partial charge in [-0.1, -0.05) is 15.9 Å². The van der Waals surface area contributed by atoms with Crippen molar-refractivity contribution >= 4 is 21.7 Å². The van der Waals surface area contributed by atoms with Crippen LogP contribution in [-0.4, -0.2) is 22.4 Å². The monoisotopic (exact) mass is 294 g/mol. The van der Waals surface area contributed by atoms with Gasteiger partial charge in [-0.15, -0.1) is 0 Å². The van der Waals surface area contributed by atoms with Gasteiger partial charge in [0.1, 0.15) is 5.75 Å². The summed E-state index contributed by atoms with van der Waals surface area (Å²) in [6, 6.07) is 5.29. The van der Waals surface area contributed by atoms with Crippen LogP contribution in [0.3, 0.4) is 0 Å². The first-order valence-electron chi connectivity index (χ1n) is 4.99. The number of ketones is 1. The van der Waals surface area contributed by atoms with Crippen LogP contribution in [0.4, 0.5) is 0 Å². The molecule has 17 heavy (non-hydrogen) atoms. The first-order chi connectivity index (χ1) is 8.13. The Morgan fingerprint density at radius 3 is 2.82 bits per heavy atom. The summed E-state index contributed by atoms with van der Waals surface area (Å²) in [5.74, 6) is 0.778. The van der Waals surface area contributed by atoms with Gasteiger partial charge in [0.2, 0.25) is 5.78 Å². The molecule has 1 aromatic heterocycles. The average Bonchev–Trinajstić information content (AvgIpc) is 2.74. The highest BCUT2D eigenvalue weighted by Crippen LogP contribution is 2.25. The Kier molecular flexibility index (Phi) is 3.28. The summed E-state index contributed by atoms with van der Waals surface area (Å²) in [7, 11) is 3.32. The molecule has 88 valence electrons. The summed E-state index contributed by atoms with van der Waals surface area (Å²) in [5.41, 5.74) is 0.505. The Labute approximate surface area is 107 Å². The number of imidazole rings is 1. The molecule has 0 radical (unpaired) electrons. The quantitative estimate of drug-likeness (QED) is 0.817. The standard InChI is InChI=1S/C12H11BrN2O2/c1-15-6-5-14-12(15)11(16)9-4-3-8(13)7-10(9)17-2/h3-7H,1-2H3. The molecular formula is C12H11BrN2O2. The second kappa shape index (κ2) is 4.71. The molecule has 2 aromatic rings. The number of rotatable bonds is 3. The fourth-order valence-electron chi connectivity index (χ4n) is 1.56. The van der Waals surface area contributed by atoms with Crippen LogP contribution in [0.5, 0.6) is 5.75 Å². The minimum atomic E-state index is -0.151. The first kappa shape index (κ1) is 11.9. The van der Waals surface area contributed by atoms with E-state index in [-0.39, 0.29) is 5.78 Å². The molecule has 0 fully saturated rings. The van der Waals surface area contributed by atoms with Gasteiger partial charge in [-0.05, 0) is 18.2 Å². The van der Waals surface area contributed by atoms with Crippen LogP contribution in [0.2, 0.25) is 0 Å². The summed E-state index contributed by atoms with van der Waals surface area (Å²) >= 11 is 3.34. The zero-order chi connectivity index (χ0) is 12.4. The molecule has 2 rings (SSSR count). The highest BCUT2D eigenvalue weighted by atomic mass is 79.9. The van der Waals surface area contributed by atoms with E-state index in [0.717, 1.165) is 4.47 Å². The lowest BCUT2D eigenvalue weighted by molar-refractivity contribution is 0.102. The molecule has 0 amide bonds. The van der Waals surface area contributed by atoms with E-state index in [1.807, 2.05) is 0 Å². The van der Waals surface area contributed by atoms with Gasteiger partial charge in [-0.2, -0.15) is 0 Å². The van der Waals surface area contributed by atoms with E-state index < -0.39 is 0 Å². The van der Waals surface area contributed by atoms with E-state index in [0.29, 0.717) is 17.1 Å². The summed E-state index contributed by atoms with van der Waals surface area (Å²) in [4.78, 5) is 16.3. The average molecular weight is 295 g/mol. The molecule has 0 atom stereocenters. The lowest BCUT2D eigenvalue weighted by atomic mass is 10.1. The van der Waals surface area contributed by atoms with Crippen molar-refractivity contribution in [2.24, 2.45) is 7.05 Å². The van der Waals surface area contributed by atoms with Crippen LogP contribution in [0.25, 0.3) is 0 Å². The molecule has 0 saturated carbocycles. The minimum Gasteiger partial charge on any atom is -0.496 e. The number of ether oxygens (including phenoxy) is 1. The maximum atomic E-state index is 12.2. The van der Waals surface area contributed by atoms with Crippen LogP contribution >= 0.6 is 15.9 Å². The predicted molar refractivity (Wildman–Crippen MR) is 67.3 cm³/mol. The molecule has 4 nitrogen and oxygen atoms in total. The van der Waals surface area contributed by atoms with Gasteiger partial charge in [-0.3, -0.25) is 4.79 Å². The van der Waals surface area contributed by atoms with Crippen LogP contribution in [-0.2, 0) is 7.05 Å². The zero-order valence-corrected chi connectivity index (χ0v) is 11.1. The van der Waals surface area contributed by atoms with Crippen LogP contribution in [0, 0.1) is 0 Å².